The van der Waals surface area contributed by atoms with Gasteiger partial charge in [0.25, 0.3) is 0 Å². The molecule has 0 amide bonds. The van der Waals surface area contributed by atoms with Gasteiger partial charge in [0.1, 0.15) is 5.82 Å². The van der Waals surface area contributed by atoms with Gasteiger partial charge in [-0.25, -0.2) is 4.68 Å². The number of fused-ring (bicyclic) bond motifs is 1. The molecule has 0 radical (unpaired) electrons. The maximum atomic E-state index is 6.08. The zero-order valence-electron chi connectivity index (χ0n) is 12.3. The predicted molar refractivity (Wildman–Crippen MR) is 90.9 cm³/mol. The molecule has 0 fully saturated rings. The van der Waals surface area contributed by atoms with E-state index in [1.165, 1.54) is 5.56 Å². The minimum absolute atomic E-state index is 0.751. The fourth-order valence-electron chi connectivity index (χ4n) is 3.03. The van der Waals surface area contributed by atoms with Gasteiger partial charge in [-0.3, -0.25) is 0 Å². The summed E-state index contributed by atoms with van der Waals surface area (Å²) in [6.07, 6.45) is 1.01. The highest BCUT2D eigenvalue weighted by Crippen LogP contribution is 2.35. The van der Waals surface area contributed by atoms with Crippen LogP contribution in [-0.2, 0) is 6.42 Å². The molecule has 2 heterocycles. The van der Waals surface area contributed by atoms with Crippen molar-refractivity contribution in [3.05, 3.63) is 64.7 Å². The van der Waals surface area contributed by atoms with Crippen molar-refractivity contribution < 1.29 is 0 Å². The lowest BCUT2D eigenvalue weighted by Crippen LogP contribution is -2.05. The Morgan fingerprint density at radius 3 is 2.73 bits per heavy atom. The first kappa shape index (κ1) is 13.4. The zero-order chi connectivity index (χ0) is 15.1. The van der Waals surface area contributed by atoms with Crippen molar-refractivity contribution in [1.82, 2.24) is 9.78 Å². The molecule has 3 nitrogen and oxygen atoms in total. The lowest BCUT2D eigenvalue weighted by atomic mass is 10.1. The summed E-state index contributed by atoms with van der Waals surface area (Å²) >= 11 is 6.08. The Morgan fingerprint density at radius 1 is 1.14 bits per heavy atom. The number of halogens is 1. The second-order valence-electron chi connectivity index (χ2n) is 5.56. The molecule has 1 aliphatic rings. The fraction of sp³-hybridized carbons (Fsp3) is 0.167. The van der Waals surface area contributed by atoms with Crippen LogP contribution in [0.15, 0.2) is 48.5 Å². The highest BCUT2D eigenvalue weighted by atomic mass is 35.5. The Kier molecular flexibility index (Phi) is 3.16. The fourth-order valence-corrected chi connectivity index (χ4v) is 3.26. The molecule has 0 saturated heterocycles. The van der Waals surface area contributed by atoms with Gasteiger partial charge >= 0.3 is 0 Å². The third-order valence-corrected chi connectivity index (χ3v) is 4.32. The van der Waals surface area contributed by atoms with Crippen LogP contribution in [0.5, 0.6) is 0 Å². The summed E-state index contributed by atoms with van der Waals surface area (Å²) in [5, 5.41) is 9.09. The molecule has 1 N–H and O–H groups in total. The molecular formula is C18H16ClN3. The lowest BCUT2D eigenvalue weighted by Gasteiger charge is -2.09. The third-order valence-electron chi connectivity index (χ3n) is 4.09. The molecule has 2 aromatic carbocycles. The molecule has 0 spiro atoms. The summed E-state index contributed by atoms with van der Waals surface area (Å²) in [6, 6.07) is 16.3. The summed E-state index contributed by atoms with van der Waals surface area (Å²) in [5.41, 5.74) is 5.70. The van der Waals surface area contributed by atoms with E-state index >= 15 is 0 Å². The van der Waals surface area contributed by atoms with Crippen molar-refractivity contribution in [2.75, 3.05) is 11.9 Å². The van der Waals surface area contributed by atoms with Gasteiger partial charge in [0.15, 0.2) is 0 Å². The Morgan fingerprint density at radius 2 is 1.95 bits per heavy atom. The number of aryl methyl sites for hydroxylation is 1. The van der Waals surface area contributed by atoms with Gasteiger partial charge in [-0.1, -0.05) is 41.9 Å². The van der Waals surface area contributed by atoms with Gasteiger partial charge in [-0.15, -0.1) is 0 Å². The van der Waals surface area contributed by atoms with Crippen molar-refractivity contribution in [2.45, 2.75) is 13.3 Å². The van der Waals surface area contributed by atoms with E-state index in [0.717, 1.165) is 46.3 Å². The van der Waals surface area contributed by atoms with Crippen LogP contribution in [0.25, 0.3) is 16.9 Å². The Labute approximate surface area is 134 Å². The number of hydrogen-bond donors (Lipinski definition) is 1. The highest BCUT2D eigenvalue weighted by molar-refractivity contribution is 6.30. The van der Waals surface area contributed by atoms with E-state index in [-0.39, 0.29) is 0 Å². The van der Waals surface area contributed by atoms with Crippen molar-refractivity contribution in [3.8, 4) is 16.9 Å². The van der Waals surface area contributed by atoms with E-state index in [4.69, 9.17) is 16.7 Å². The molecule has 0 unspecified atom stereocenters. The minimum atomic E-state index is 0.751. The van der Waals surface area contributed by atoms with Crippen molar-refractivity contribution in [2.24, 2.45) is 0 Å². The second-order valence-corrected chi connectivity index (χ2v) is 6.00. The molecule has 3 aromatic rings. The van der Waals surface area contributed by atoms with Crippen LogP contribution >= 0.6 is 11.6 Å². The molecule has 4 rings (SSSR count). The normalized spacial score (nSPS) is 13.0. The predicted octanol–water partition coefficient (Wildman–Crippen LogP) is 4.47. The highest BCUT2D eigenvalue weighted by Gasteiger charge is 2.24. The van der Waals surface area contributed by atoms with E-state index in [0.29, 0.717) is 0 Å². The smallest absolute Gasteiger partial charge is 0.133 e. The first-order chi connectivity index (χ1) is 10.7. The molecule has 110 valence electrons. The largest absolute Gasteiger partial charge is 0.369 e. The first-order valence-electron chi connectivity index (χ1n) is 7.42. The maximum Gasteiger partial charge on any atom is 0.133 e. The SMILES string of the molecule is Cc1cc(Cl)ccc1-n1nc(-c2ccccc2)c2c1NCC2. The number of nitrogens with zero attached hydrogens (tertiary/aromatic N) is 2. The molecule has 22 heavy (non-hydrogen) atoms. The lowest BCUT2D eigenvalue weighted by molar-refractivity contribution is 0.875. The van der Waals surface area contributed by atoms with E-state index < -0.39 is 0 Å². The number of benzene rings is 2. The van der Waals surface area contributed by atoms with Gasteiger partial charge in [0.2, 0.25) is 0 Å². The molecule has 0 saturated carbocycles. The summed E-state index contributed by atoms with van der Waals surface area (Å²) in [7, 11) is 0. The third kappa shape index (κ3) is 2.09. The van der Waals surface area contributed by atoms with Gasteiger partial charge in [0, 0.05) is 22.7 Å². The average Bonchev–Trinajstić information content (AvgIpc) is 3.11. The van der Waals surface area contributed by atoms with E-state index in [1.54, 1.807) is 0 Å². The van der Waals surface area contributed by atoms with Crippen LogP contribution in [0.3, 0.4) is 0 Å². The minimum Gasteiger partial charge on any atom is -0.369 e. The van der Waals surface area contributed by atoms with Crippen molar-refractivity contribution in [3.63, 3.8) is 0 Å². The topological polar surface area (TPSA) is 29.9 Å². The number of nitrogens with one attached hydrogen (secondary N) is 1. The summed E-state index contributed by atoms with van der Waals surface area (Å²) in [5.74, 6) is 1.10. The molecule has 1 aromatic heterocycles. The van der Waals surface area contributed by atoms with Crippen LogP contribution in [0, 0.1) is 6.92 Å². The van der Waals surface area contributed by atoms with E-state index in [2.05, 4.69) is 36.5 Å². The summed E-state index contributed by atoms with van der Waals surface area (Å²) in [4.78, 5) is 0. The molecule has 0 aliphatic carbocycles. The summed E-state index contributed by atoms with van der Waals surface area (Å²) < 4.78 is 2.01. The summed E-state index contributed by atoms with van der Waals surface area (Å²) in [6.45, 7) is 3.02. The van der Waals surface area contributed by atoms with Crippen LogP contribution in [0.2, 0.25) is 5.02 Å². The zero-order valence-corrected chi connectivity index (χ0v) is 13.1. The Bertz CT molecular complexity index is 837. The standard InChI is InChI=1S/C18H16ClN3/c1-12-11-14(19)7-8-16(12)22-18-15(9-10-20-18)17(21-22)13-5-3-2-4-6-13/h2-8,11,20H,9-10H2,1H3. The van der Waals surface area contributed by atoms with E-state index in [1.807, 2.05) is 28.9 Å². The van der Waals surface area contributed by atoms with Crippen molar-refractivity contribution in [1.29, 1.82) is 0 Å². The molecule has 1 aliphatic heterocycles. The first-order valence-corrected chi connectivity index (χ1v) is 7.79. The monoisotopic (exact) mass is 309 g/mol. The van der Waals surface area contributed by atoms with Crippen LogP contribution in [0.4, 0.5) is 5.82 Å². The van der Waals surface area contributed by atoms with Gasteiger partial charge < -0.3 is 5.32 Å². The molecule has 4 heteroatoms. The number of aromatic nitrogens is 2. The van der Waals surface area contributed by atoms with Gasteiger partial charge in [-0.05, 0) is 37.1 Å². The van der Waals surface area contributed by atoms with E-state index in [9.17, 15) is 0 Å². The molecule has 0 bridgehead atoms. The maximum absolute atomic E-state index is 6.08. The van der Waals surface area contributed by atoms with Crippen LogP contribution in [0.1, 0.15) is 11.1 Å². The molecular weight excluding hydrogens is 294 g/mol. The van der Waals surface area contributed by atoms with Gasteiger partial charge in [-0.2, -0.15) is 5.10 Å². The van der Waals surface area contributed by atoms with Crippen LogP contribution in [-0.4, -0.2) is 16.3 Å². The Hall–Kier alpha value is -2.26. The average molecular weight is 310 g/mol. The molecule has 0 atom stereocenters. The number of rotatable bonds is 2. The Balaban J connectivity index is 1.92. The second kappa shape index (κ2) is 5.18. The van der Waals surface area contributed by atoms with Crippen LogP contribution < -0.4 is 5.32 Å². The quantitative estimate of drug-likeness (QED) is 0.757. The number of hydrogen-bond acceptors (Lipinski definition) is 2. The van der Waals surface area contributed by atoms with Gasteiger partial charge in [0.05, 0.1) is 11.4 Å². The van der Waals surface area contributed by atoms with Crippen molar-refractivity contribution >= 4 is 17.4 Å². The number of anilines is 1.